The Bertz CT molecular complexity index is 770. The molecule has 4 rings (SSSR count). The number of rotatable bonds is 5. The van der Waals surface area contributed by atoms with E-state index in [1.807, 2.05) is 13.1 Å². The number of benzene rings is 1. The number of nitrogens with one attached hydrogen (secondary N) is 2. The van der Waals surface area contributed by atoms with E-state index < -0.39 is 0 Å². The Balaban J connectivity index is 1.63. The Morgan fingerprint density at radius 1 is 1.27 bits per heavy atom. The van der Waals surface area contributed by atoms with Crippen LogP contribution in [-0.4, -0.2) is 41.3 Å². The molecule has 1 saturated heterocycles. The number of aliphatic hydroxyl groups is 1. The van der Waals surface area contributed by atoms with Gasteiger partial charge in [-0.3, -0.25) is 0 Å². The normalized spacial score (nSPS) is 18.8. The highest BCUT2D eigenvalue weighted by Gasteiger charge is 2.40. The first-order valence-electron chi connectivity index (χ1n) is 9.73. The van der Waals surface area contributed by atoms with Crippen molar-refractivity contribution in [2.45, 2.75) is 38.0 Å². The molecule has 1 spiro atoms. The second kappa shape index (κ2) is 7.33. The van der Waals surface area contributed by atoms with Gasteiger partial charge in [0.05, 0.1) is 5.69 Å². The van der Waals surface area contributed by atoms with Gasteiger partial charge >= 0.3 is 0 Å². The fraction of sp³-hybridized carbons (Fsp3) is 0.524. The third-order valence-corrected chi connectivity index (χ3v) is 5.94. The largest absolute Gasteiger partial charge is 0.396 e. The lowest BCUT2D eigenvalue weighted by molar-refractivity contribution is 0.233. The molecule has 5 nitrogen and oxygen atoms in total. The summed E-state index contributed by atoms with van der Waals surface area (Å²) >= 11 is 0. The molecule has 0 amide bonds. The maximum absolute atomic E-state index is 9.16. The minimum Gasteiger partial charge on any atom is -0.396 e. The molecule has 3 N–H and O–H groups in total. The molecule has 1 unspecified atom stereocenters. The summed E-state index contributed by atoms with van der Waals surface area (Å²) in [4.78, 5) is 9.42. The number of aliphatic hydroxyl groups excluding tert-OH is 1. The molecule has 1 aliphatic carbocycles. The Hall–Kier alpha value is -1.98. The third-order valence-electron chi connectivity index (χ3n) is 5.94. The molecule has 1 fully saturated rings. The minimum atomic E-state index is 0.219. The highest BCUT2D eigenvalue weighted by Crippen LogP contribution is 2.46. The second-order valence-electron chi connectivity index (χ2n) is 7.82. The highest BCUT2D eigenvalue weighted by molar-refractivity contribution is 5.72. The molecule has 0 radical (unpaired) electrons. The van der Waals surface area contributed by atoms with Gasteiger partial charge in [-0.1, -0.05) is 31.2 Å². The number of aromatic nitrogens is 2. The van der Waals surface area contributed by atoms with E-state index in [0.717, 1.165) is 38.2 Å². The Morgan fingerprint density at radius 2 is 2.08 bits per heavy atom. The van der Waals surface area contributed by atoms with Gasteiger partial charge in [-0.25, -0.2) is 9.97 Å². The maximum atomic E-state index is 9.16. The van der Waals surface area contributed by atoms with Crippen molar-refractivity contribution in [1.29, 1.82) is 0 Å². The Kier molecular flexibility index (Phi) is 4.92. The number of nitrogens with zero attached hydrogens (tertiary/aromatic N) is 2. The van der Waals surface area contributed by atoms with Crippen LogP contribution in [0.1, 0.15) is 37.3 Å². The molecule has 0 bridgehead atoms. The van der Waals surface area contributed by atoms with Gasteiger partial charge in [0.1, 0.15) is 0 Å². The molecule has 1 atom stereocenters. The van der Waals surface area contributed by atoms with Crippen LogP contribution in [0, 0.1) is 5.92 Å². The van der Waals surface area contributed by atoms with Gasteiger partial charge in [-0.2, -0.15) is 0 Å². The van der Waals surface area contributed by atoms with Crippen molar-refractivity contribution >= 4 is 5.95 Å². The Morgan fingerprint density at radius 3 is 2.88 bits per heavy atom. The third kappa shape index (κ3) is 3.21. The summed E-state index contributed by atoms with van der Waals surface area (Å²) in [7, 11) is 0. The van der Waals surface area contributed by atoms with Crippen molar-refractivity contribution in [2.75, 3.05) is 31.6 Å². The fourth-order valence-electron chi connectivity index (χ4n) is 4.34. The van der Waals surface area contributed by atoms with Gasteiger partial charge in [-0.15, -0.1) is 0 Å². The van der Waals surface area contributed by atoms with Gasteiger partial charge < -0.3 is 15.7 Å². The van der Waals surface area contributed by atoms with Crippen LogP contribution < -0.4 is 10.6 Å². The van der Waals surface area contributed by atoms with Crippen LogP contribution >= 0.6 is 0 Å². The van der Waals surface area contributed by atoms with Crippen molar-refractivity contribution in [3.63, 3.8) is 0 Å². The lowest BCUT2D eigenvalue weighted by atomic mass is 9.64. The van der Waals surface area contributed by atoms with Crippen LogP contribution in [0.5, 0.6) is 0 Å². The summed E-state index contributed by atoms with van der Waals surface area (Å²) in [6.07, 6.45) is 6.29. The van der Waals surface area contributed by atoms with Crippen molar-refractivity contribution in [3.8, 4) is 11.3 Å². The molecule has 26 heavy (non-hydrogen) atoms. The lowest BCUT2D eigenvalue weighted by Gasteiger charge is -2.42. The monoisotopic (exact) mass is 352 g/mol. The van der Waals surface area contributed by atoms with Crippen LogP contribution in [0.3, 0.4) is 0 Å². The molecule has 138 valence electrons. The highest BCUT2D eigenvalue weighted by atomic mass is 16.3. The molecule has 1 aliphatic heterocycles. The number of hydrogen-bond donors (Lipinski definition) is 3. The SMILES string of the molecule is CC(CO)CCNc1ncc2c(n1)-c1ccccc1C1(CCNCC1)C2. The average Bonchev–Trinajstić information content (AvgIpc) is 2.69. The first-order chi connectivity index (χ1) is 12.7. The molecule has 0 saturated carbocycles. The summed E-state index contributed by atoms with van der Waals surface area (Å²) in [6.45, 7) is 5.19. The summed E-state index contributed by atoms with van der Waals surface area (Å²) in [5.74, 6) is 0.977. The maximum Gasteiger partial charge on any atom is 0.223 e. The summed E-state index contributed by atoms with van der Waals surface area (Å²) < 4.78 is 0. The number of piperidine rings is 1. The zero-order chi connectivity index (χ0) is 18.0. The molecule has 2 aliphatic rings. The molecule has 2 aromatic rings. The van der Waals surface area contributed by atoms with E-state index in [4.69, 9.17) is 10.1 Å². The van der Waals surface area contributed by atoms with Gasteiger partial charge in [0, 0.05) is 30.3 Å². The van der Waals surface area contributed by atoms with Gasteiger partial charge in [-0.05, 0) is 55.8 Å². The fourth-order valence-corrected chi connectivity index (χ4v) is 4.34. The van der Waals surface area contributed by atoms with Crippen molar-refractivity contribution in [3.05, 3.63) is 41.6 Å². The zero-order valence-corrected chi connectivity index (χ0v) is 15.5. The van der Waals surface area contributed by atoms with Crippen molar-refractivity contribution < 1.29 is 5.11 Å². The lowest BCUT2D eigenvalue weighted by Crippen LogP contribution is -2.43. The van der Waals surface area contributed by atoms with E-state index >= 15 is 0 Å². The first-order valence-corrected chi connectivity index (χ1v) is 9.73. The number of fused-ring (bicyclic) bond motifs is 4. The van der Waals surface area contributed by atoms with E-state index in [0.29, 0.717) is 11.9 Å². The van der Waals surface area contributed by atoms with E-state index in [2.05, 4.69) is 39.9 Å². The standard InChI is InChI=1S/C21H28N4O/c1-15(14-26)6-9-23-20-24-13-16-12-21(7-10-22-11-8-21)18-5-3-2-4-17(18)19(16)25-20/h2-5,13,15,22,26H,6-12,14H2,1H3,(H,23,24,25). The van der Waals surface area contributed by atoms with Gasteiger partial charge in [0.25, 0.3) is 0 Å². The van der Waals surface area contributed by atoms with Crippen molar-refractivity contribution in [1.82, 2.24) is 15.3 Å². The zero-order valence-electron chi connectivity index (χ0n) is 15.5. The molecule has 1 aromatic heterocycles. The topological polar surface area (TPSA) is 70.1 Å². The predicted octanol–water partition coefficient (Wildman–Crippen LogP) is 2.75. The predicted molar refractivity (Wildman–Crippen MR) is 104 cm³/mol. The van der Waals surface area contributed by atoms with Crippen LogP contribution in [0.15, 0.2) is 30.5 Å². The molecular formula is C21H28N4O. The molecular weight excluding hydrogens is 324 g/mol. The van der Waals surface area contributed by atoms with E-state index in [9.17, 15) is 0 Å². The van der Waals surface area contributed by atoms with Crippen LogP contribution in [0.25, 0.3) is 11.3 Å². The van der Waals surface area contributed by atoms with E-state index in [1.54, 1.807) is 0 Å². The van der Waals surface area contributed by atoms with Crippen LogP contribution in [0.4, 0.5) is 5.95 Å². The smallest absolute Gasteiger partial charge is 0.223 e. The molecule has 2 heterocycles. The van der Waals surface area contributed by atoms with E-state index in [1.165, 1.54) is 29.5 Å². The van der Waals surface area contributed by atoms with Crippen LogP contribution in [-0.2, 0) is 11.8 Å². The quantitative estimate of drug-likeness (QED) is 0.772. The van der Waals surface area contributed by atoms with Crippen molar-refractivity contribution in [2.24, 2.45) is 5.92 Å². The number of hydrogen-bond acceptors (Lipinski definition) is 5. The molecule has 5 heteroatoms. The van der Waals surface area contributed by atoms with Gasteiger partial charge in [0.15, 0.2) is 0 Å². The van der Waals surface area contributed by atoms with Crippen LogP contribution in [0.2, 0.25) is 0 Å². The average molecular weight is 352 g/mol. The van der Waals surface area contributed by atoms with Gasteiger partial charge in [0.2, 0.25) is 5.95 Å². The minimum absolute atomic E-state index is 0.219. The summed E-state index contributed by atoms with van der Waals surface area (Å²) in [6, 6.07) is 8.77. The summed E-state index contributed by atoms with van der Waals surface area (Å²) in [5, 5.41) is 16.0. The second-order valence-corrected chi connectivity index (χ2v) is 7.82. The first kappa shape index (κ1) is 17.4. The molecule has 1 aromatic carbocycles. The number of anilines is 1. The Labute approximate surface area is 155 Å². The van der Waals surface area contributed by atoms with E-state index in [-0.39, 0.29) is 12.0 Å². The summed E-state index contributed by atoms with van der Waals surface area (Å²) in [5.41, 5.74) is 5.29.